The summed E-state index contributed by atoms with van der Waals surface area (Å²) in [5, 5.41) is 0.706. The topological polar surface area (TPSA) is 97.4 Å². The van der Waals surface area contributed by atoms with Gasteiger partial charge in [0.1, 0.15) is 22.0 Å². The lowest BCUT2D eigenvalue weighted by molar-refractivity contribution is 0.0427. The molecule has 2 aromatic rings. The number of aromatic nitrogens is 3. The first-order valence-electron chi connectivity index (χ1n) is 7.75. The van der Waals surface area contributed by atoms with E-state index in [9.17, 15) is 9.59 Å². The lowest BCUT2D eigenvalue weighted by Gasteiger charge is -2.27. The number of fused-ring (bicyclic) bond motifs is 1. The van der Waals surface area contributed by atoms with E-state index in [0.717, 1.165) is 3.57 Å². The summed E-state index contributed by atoms with van der Waals surface area (Å²) in [6.45, 7) is 10.1. The predicted molar refractivity (Wildman–Crippen MR) is 107 cm³/mol. The molecule has 0 spiro atoms. The van der Waals surface area contributed by atoms with Gasteiger partial charge in [0.25, 0.3) is 0 Å². The third-order valence-corrected chi connectivity index (χ3v) is 3.90. The second kappa shape index (κ2) is 7.18. The number of amides is 2. The predicted octanol–water partition coefficient (Wildman–Crippen LogP) is 4.89. The minimum Gasteiger partial charge on any atom is -0.443 e. The Morgan fingerprint density at radius 3 is 2.04 bits per heavy atom. The van der Waals surface area contributed by atoms with Gasteiger partial charge in [-0.2, -0.15) is 9.97 Å². The number of H-pyrrole nitrogens is 1. The van der Waals surface area contributed by atoms with Gasteiger partial charge in [0, 0.05) is 9.77 Å². The first kappa shape index (κ1) is 20.7. The van der Waals surface area contributed by atoms with Crippen LogP contribution in [0.25, 0.3) is 11.0 Å². The van der Waals surface area contributed by atoms with Crippen LogP contribution >= 0.6 is 34.2 Å². The molecule has 0 radical (unpaired) electrons. The standard InChI is InChI=1S/C16H20ClIN4O4/c1-15(2,3)25-13(23)22(14(24)26-16(4,5)6)12-20-10(17)9-8(18)7-19-11(9)21-12/h7H,1-6H3,(H,19,20,21). The first-order chi connectivity index (χ1) is 11.8. The molecule has 0 unspecified atom stereocenters. The Bertz CT molecular complexity index is 826. The number of nitrogens with zero attached hydrogens (tertiary/aromatic N) is 3. The number of carbonyl (C=O) groups excluding carboxylic acids is 2. The molecule has 0 bridgehead atoms. The number of ether oxygens (including phenoxy) is 2. The van der Waals surface area contributed by atoms with E-state index in [1.807, 2.05) is 0 Å². The first-order valence-corrected chi connectivity index (χ1v) is 9.20. The van der Waals surface area contributed by atoms with E-state index in [1.54, 1.807) is 47.7 Å². The van der Waals surface area contributed by atoms with Crippen LogP contribution in [0, 0.1) is 3.57 Å². The van der Waals surface area contributed by atoms with Gasteiger partial charge < -0.3 is 14.5 Å². The van der Waals surface area contributed by atoms with E-state index in [-0.39, 0.29) is 11.1 Å². The molecular weight excluding hydrogens is 475 g/mol. The van der Waals surface area contributed by atoms with Crippen molar-refractivity contribution in [2.24, 2.45) is 0 Å². The molecule has 0 saturated carbocycles. The molecule has 10 heteroatoms. The van der Waals surface area contributed by atoms with Crippen LogP contribution in [0.2, 0.25) is 5.15 Å². The van der Waals surface area contributed by atoms with Crippen molar-refractivity contribution in [2.75, 3.05) is 4.90 Å². The summed E-state index contributed by atoms with van der Waals surface area (Å²) in [7, 11) is 0. The van der Waals surface area contributed by atoms with Crippen LogP contribution in [0.3, 0.4) is 0 Å². The molecule has 0 aliphatic carbocycles. The number of anilines is 1. The molecule has 0 atom stereocenters. The second-order valence-corrected chi connectivity index (χ2v) is 8.99. The number of aromatic amines is 1. The highest BCUT2D eigenvalue weighted by Crippen LogP contribution is 2.28. The molecule has 2 amide bonds. The fourth-order valence-electron chi connectivity index (χ4n) is 1.90. The van der Waals surface area contributed by atoms with E-state index < -0.39 is 23.4 Å². The summed E-state index contributed by atoms with van der Waals surface area (Å²) in [4.78, 5) is 37.1. The van der Waals surface area contributed by atoms with Crippen molar-refractivity contribution < 1.29 is 19.1 Å². The molecule has 0 saturated heterocycles. The van der Waals surface area contributed by atoms with Gasteiger partial charge in [-0.25, -0.2) is 9.59 Å². The number of carbonyl (C=O) groups is 2. The third-order valence-electron chi connectivity index (χ3n) is 2.78. The van der Waals surface area contributed by atoms with Crippen molar-refractivity contribution in [3.63, 3.8) is 0 Å². The van der Waals surface area contributed by atoms with Crippen molar-refractivity contribution in [3.8, 4) is 0 Å². The van der Waals surface area contributed by atoms with E-state index >= 15 is 0 Å². The summed E-state index contributed by atoms with van der Waals surface area (Å²) in [5.74, 6) is -0.232. The maximum absolute atomic E-state index is 12.6. The van der Waals surface area contributed by atoms with E-state index in [0.29, 0.717) is 15.9 Å². The van der Waals surface area contributed by atoms with Gasteiger partial charge in [0.05, 0.1) is 5.39 Å². The van der Waals surface area contributed by atoms with Crippen molar-refractivity contribution in [2.45, 2.75) is 52.7 Å². The van der Waals surface area contributed by atoms with Crippen LogP contribution in [-0.2, 0) is 9.47 Å². The van der Waals surface area contributed by atoms with Crippen molar-refractivity contribution >= 4 is 63.4 Å². The van der Waals surface area contributed by atoms with Crippen molar-refractivity contribution in [3.05, 3.63) is 14.9 Å². The normalized spacial score (nSPS) is 12.2. The average molecular weight is 495 g/mol. The largest absolute Gasteiger partial charge is 0.443 e. The van der Waals surface area contributed by atoms with Gasteiger partial charge in [0.2, 0.25) is 5.95 Å². The minimum absolute atomic E-state index is 0.104. The van der Waals surface area contributed by atoms with Crippen LogP contribution in [0.15, 0.2) is 6.20 Å². The van der Waals surface area contributed by atoms with E-state index in [1.165, 1.54) is 0 Å². The summed E-state index contributed by atoms with van der Waals surface area (Å²) < 4.78 is 11.4. The van der Waals surface area contributed by atoms with Crippen LogP contribution in [0.1, 0.15) is 41.5 Å². The number of halogens is 2. The summed E-state index contributed by atoms with van der Waals surface area (Å²) in [6, 6.07) is 0. The lowest BCUT2D eigenvalue weighted by atomic mass is 10.2. The Morgan fingerprint density at radius 2 is 1.58 bits per heavy atom. The fraction of sp³-hybridized carbons (Fsp3) is 0.500. The molecule has 0 aliphatic rings. The number of hydrogen-bond donors (Lipinski definition) is 1. The Hall–Kier alpha value is -1.62. The molecule has 2 rings (SSSR count). The lowest BCUT2D eigenvalue weighted by Crippen LogP contribution is -2.44. The van der Waals surface area contributed by atoms with Crippen LogP contribution < -0.4 is 4.90 Å². The maximum Gasteiger partial charge on any atom is 0.427 e. The Morgan fingerprint density at radius 1 is 1.08 bits per heavy atom. The molecule has 2 heterocycles. The van der Waals surface area contributed by atoms with Gasteiger partial charge in [-0.3, -0.25) is 0 Å². The quantitative estimate of drug-likeness (QED) is 0.448. The van der Waals surface area contributed by atoms with Crippen LogP contribution in [0.5, 0.6) is 0 Å². The van der Waals surface area contributed by atoms with Gasteiger partial charge in [-0.15, -0.1) is 4.90 Å². The highest BCUT2D eigenvalue weighted by atomic mass is 127. The number of rotatable bonds is 1. The Labute approximate surface area is 169 Å². The van der Waals surface area contributed by atoms with Gasteiger partial charge in [-0.1, -0.05) is 11.6 Å². The van der Waals surface area contributed by atoms with Gasteiger partial charge in [0.15, 0.2) is 0 Å². The van der Waals surface area contributed by atoms with E-state index in [4.69, 9.17) is 21.1 Å². The van der Waals surface area contributed by atoms with Crippen LogP contribution in [-0.4, -0.2) is 38.3 Å². The molecular formula is C16H20ClIN4O4. The van der Waals surface area contributed by atoms with Crippen LogP contribution in [0.4, 0.5) is 15.5 Å². The zero-order valence-corrected chi connectivity index (χ0v) is 18.2. The van der Waals surface area contributed by atoms with Gasteiger partial charge in [-0.05, 0) is 64.1 Å². The highest BCUT2D eigenvalue weighted by Gasteiger charge is 2.35. The highest BCUT2D eigenvalue weighted by molar-refractivity contribution is 14.1. The second-order valence-electron chi connectivity index (χ2n) is 7.47. The summed E-state index contributed by atoms with van der Waals surface area (Å²) >= 11 is 8.30. The molecule has 1 N–H and O–H groups in total. The van der Waals surface area contributed by atoms with Gasteiger partial charge >= 0.3 is 12.2 Å². The van der Waals surface area contributed by atoms with E-state index in [2.05, 4.69) is 37.5 Å². The zero-order chi connectivity index (χ0) is 19.9. The molecule has 0 aromatic carbocycles. The average Bonchev–Trinajstić information content (AvgIpc) is 2.76. The maximum atomic E-state index is 12.6. The monoisotopic (exact) mass is 494 g/mol. The molecule has 2 aromatic heterocycles. The summed E-state index contributed by atoms with van der Waals surface area (Å²) in [6.07, 6.45) is -0.215. The summed E-state index contributed by atoms with van der Waals surface area (Å²) in [5.41, 5.74) is -1.26. The molecule has 8 nitrogen and oxygen atoms in total. The minimum atomic E-state index is -0.955. The number of hydrogen-bond acceptors (Lipinski definition) is 6. The zero-order valence-electron chi connectivity index (χ0n) is 15.3. The number of nitrogens with one attached hydrogen (secondary N) is 1. The molecule has 142 valence electrons. The van der Waals surface area contributed by atoms with Crippen molar-refractivity contribution in [1.29, 1.82) is 0 Å². The molecule has 0 aliphatic heterocycles. The van der Waals surface area contributed by atoms with Crippen molar-refractivity contribution in [1.82, 2.24) is 15.0 Å². The Balaban J connectivity index is 2.52. The number of imide groups is 1. The molecule has 26 heavy (non-hydrogen) atoms. The smallest absolute Gasteiger partial charge is 0.427 e. The fourth-order valence-corrected chi connectivity index (χ4v) is 2.99. The SMILES string of the molecule is CC(C)(C)OC(=O)N(C(=O)OC(C)(C)C)c1nc(Cl)c2c(I)c[nH]c2n1. The molecule has 0 fully saturated rings. The Kier molecular flexibility index (Phi) is 5.71. The third kappa shape index (κ3) is 4.97.